The smallest absolute Gasteiger partial charge is 0.0867 e. The number of nitrogens with zero attached hydrogens (tertiary/aromatic N) is 1. The topological polar surface area (TPSA) is 32.6 Å². The summed E-state index contributed by atoms with van der Waals surface area (Å²) in [5.74, 6) is 0. The maximum absolute atomic E-state index is 9.11. The van der Waals surface area contributed by atoms with Crippen LogP contribution in [0.15, 0.2) is 35.5 Å². The molecule has 21 heavy (non-hydrogen) atoms. The Bertz CT molecular complexity index is 372. The van der Waals surface area contributed by atoms with Gasteiger partial charge in [0.25, 0.3) is 0 Å². The molecule has 1 aromatic rings. The maximum atomic E-state index is 9.11. The van der Waals surface area contributed by atoms with Gasteiger partial charge in [0.05, 0.1) is 5.71 Å². The largest absolute Gasteiger partial charge is 0.411 e. The molecule has 0 spiro atoms. The van der Waals surface area contributed by atoms with Crippen molar-refractivity contribution in [3.05, 3.63) is 35.9 Å². The first-order valence-corrected chi connectivity index (χ1v) is 8.64. The highest BCUT2D eigenvalue weighted by Crippen LogP contribution is 2.13. The van der Waals surface area contributed by atoms with Crippen molar-refractivity contribution in [2.75, 3.05) is 0 Å². The quantitative estimate of drug-likeness (QED) is 0.212. The van der Waals surface area contributed by atoms with Crippen molar-refractivity contribution in [2.45, 2.75) is 77.6 Å². The molecule has 0 saturated heterocycles. The van der Waals surface area contributed by atoms with Gasteiger partial charge in [-0.1, -0.05) is 100 Å². The summed E-state index contributed by atoms with van der Waals surface area (Å²) in [7, 11) is 0. The summed E-state index contributed by atoms with van der Waals surface area (Å²) < 4.78 is 0. The predicted molar refractivity (Wildman–Crippen MR) is 91.2 cm³/mol. The van der Waals surface area contributed by atoms with Crippen molar-refractivity contribution < 1.29 is 5.21 Å². The lowest BCUT2D eigenvalue weighted by Gasteiger charge is -2.05. The van der Waals surface area contributed by atoms with Crippen LogP contribution in [-0.4, -0.2) is 10.9 Å². The molecule has 0 bridgehead atoms. The molecule has 0 amide bonds. The fourth-order valence-corrected chi connectivity index (χ4v) is 2.66. The normalized spacial score (nSPS) is 11.8. The predicted octanol–water partition coefficient (Wildman–Crippen LogP) is 6.18. The molecule has 0 saturated carbocycles. The van der Waals surface area contributed by atoms with E-state index in [1.165, 1.54) is 57.8 Å². The van der Waals surface area contributed by atoms with E-state index in [2.05, 4.69) is 12.1 Å². The fraction of sp³-hybridized carbons (Fsp3) is 0.632. The molecular weight excluding hydrogens is 258 g/mol. The van der Waals surface area contributed by atoms with Gasteiger partial charge in [-0.05, 0) is 18.4 Å². The van der Waals surface area contributed by atoms with E-state index >= 15 is 0 Å². The van der Waals surface area contributed by atoms with Crippen LogP contribution in [0.25, 0.3) is 0 Å². The summed E-state index contributed by atoms with van der Waals surface area (Å²) in [6, 6.07) is 9.97. The molecule has 0 aliphatic rings. The molecule has 0 aromatic heterocycles. The van der Waals surface area contributed by atoms with Gasteiger partial charge in [0, 0.05) is 0 Å². The Morgan fingerprint density at radius 3 is 1.86 bits per heavy atom. The third kappa shape index (κ3) is 8.54. The van der Waals surface area contributed by atoms with Crippen LogP contribution < -0.4 is 0 Å². The van der Waals surface area contributed by atoms with E-state index < -0.39 is 0 Å². The van der Waals surface area contributed by atoms with Crippen LogP contribution in [0.3, 0.4) is 0 Å². The van der Waals surface area contributed by atoms with Gasteiger partial charge in [0.1, 0.15) is 0 Å². The first kappa shape index (κ1) is 17.7. The van der Waals surface area contributed by atoms with Crippen molar-refractivity contribution in [3.8, 4) is 0 Å². The van der Waals surface area contributed by atoms with Crippen LogP contribution in [-0.2, 0) is 0 Å². The second-order valence-electron chi connectivity index (χ2n) is 5.84. The minimum absolute atomic E-state index is 0.815. The van der Waals surface area contributed by atoms with Gasteiger partial charge in [-0.25, -0.2) is 0 Å². The van der Waals surface area contributed by atoms with E-state index in [0.717, 1.165) is 24.1 Å². The summed E-state index contributed by atoms with van der Waals surface area (Å²) in [4.78, 5) is 0. The Morgan fingerprint density at radius 1 is 0.810 bits per heavy atom. The number of hydrogen-bond acceptors (Lipinski definition) is 2. The van der Waals surface area contributed by atoms with Crippen LogP contribution in [0.2, 0.25) is 0 Å². The number of hydrogen-bond donors (Lipinski definition) is 1. The molecule has 1 aromatic carbocycles. The SMILES string of the molecule is CCCCCCCCCCCCC(=NO)c1ccccc1. The fourth-order valence-electron chi connectivity index (χ4n) is 2.66. The summed E-state index contributed by atoms with van der Waals surface area (Å²) >= 11 is 0. The Morgan fingerprint density at radius 2 is 1.33 bits per heavy atom. The molecule has 2 nitrogen and oxygen atoms in total. The molecular formula is C19H31NO. The first-order valence-electron chi connectivity index (χ1n) is 8.64. The van der Waals surface area contributed by atoms with Crippen LogP contribution in [0.1, 0.15) is 83.1 Å². The maximum Gasteiger partial charge on any atom is 0.0867 e. The highest BCUT2D eigenvalue weighted by atomic mass is 16.4. The van der Waals surface area contributed by atoms with Gasteiger partial charge >= 0.3 is 0 Å². The van der Waals surface area contributed by atoms with Crippen LogP contribution in [0, 0.1) is 0 Å². The average molecular weight is 289 g/mol. The number of oxime groups is 1. The minimum atomic E-state index is 0.815. The van der Waals surface area contributed by atoms with E-state index in [9.17, 15) is 0 Å². The Kier molecular flexibility index (Phi) is 10.5. The average Bonchev–Trinajstić information content (AvgIpc) is 2.54. The second-order valence-corrected chi connectivity index (χ2v) is 5.84. The van der Waals surface area contributed by atoms with Crippen molar-refractivity contribution in [3.63, 3.8) is 0 Å². The summed E-state index contributed by atoms with van der Waals surface area (Å²) in [5, 5.41) is 12.6. The van der Waals surface area contributed by atoms with Crippen molar-refractivity contribution >= 4 is 5.71 Å². The van der Waals surface area contributed by atoms with Gasteiger partial charge in [0.15, 0.2) is 0 Å². The summed E-state index contributed by atoms with van der Waals surface area (Å²) in [5.41, 5.74) is 1.85. The number of unbranched alkanes of at least 4 members (excludes halogenated alkanes) is 9. The second kappa shape index (κ2) is 12.4. The Hall–Kier alpha value is -1.31. The molecule has 0 radical (unpaired) electrons. The number of benzene rings is 1. The molecule has 0 atom stereocenters. The number of rotatable bonds is 12. The third-order valence-corrected chi connectivity index (χ3v) is 3.99. The lowest BCUT2D eigenvalue weighted by atomic mass is 10.0. The lowest BCUT2D eigenvalue weighted by molar-refractivity contribution is 0.317. The molecule has 0 heterocycles. The van der Waals surface area contributed by atoms with E-state index in [-0.39, 0.29) is 0 Å². The van der Waals surface area contributed by atoms with E-state index in [1.54, 1.807) is 0 Å². The van der Waals surface area contributed by atoms with Crippen LogP contribution in [0.4, 0.5) is 0 Å². The van der Waals surface area contributed by atoms with Gasteiger partial charge in [-0.3, -0.25) is 0 Å². The molecule has 2 heteroatoms. The molecule has 0 unspecified atom stereocenters. The van der Waals surface area contributed by atoms with E-state index in [4.69, 9.17) is 5.21 Å². The highest BCUT2D eigenvalue weighted by molar-refractivity contribution is 6.00. The van der Waals surface area contributed by atoms with Gasteiger partial charge in [-0.15, -0.1) is 0 Å². The van der Waals surface area contributed by atoms with Gasteiger partial charge in [0.2, 0.25) is 0 Å². The van der Waals surface area contributed by atoms with Crippen LogP contribution >= 0.6 is 0 Å². The Balaban J connectivity index is 2.01. The standard InChI is InChI=1S/C19H31NO/c1-2-3-4-5-6-7-8-9-10-14-17-19(20-21)18-15-12-11-13-16-18/h11-13,15-16,21H,2-10,14,17H2,1H3. The van der Waals surface area contributed by atoms with Crippen LogP contribution in [0.5, 0.6) is 0 Å². The zero-order valence-electron chi connectivity index (χ0n) is 13.6. The molecule has 0 aliphatic heterocycles. The van der Waals surface area contributed by atoms with Gasteiger partial charge in [-0.2, -0.15) is 0 Å². The summed E-state index contributed by atoms with van der Waals surface area (Å²) in [6.07, 6.45) is 14.2. The summed E-state index contributed by atoms with van der Waals surface area (Å²) in [6.45, 7) is 2.26. The molecule has 0 fully saturated rings. The molecule has 118 valence electrons. The van der Waals surface area contributed by atoms with Crippen molar-refractivity contribution in [1.82, 2.24) is 0 Å². The first-order chi connectivity index (χ1) is 10.4. The molecule has 1 N–H and O–H groups in total. The monoisotopic (exact) mass is 289 g/mol. The van der Waals surface area contributed by atoms with E-state index in [0.29, 0.717) is 0 Å². The molecule has 1 rings (SSSR count). The minimum Gasteiger partial charge on any atom is -0.411 e. The lowest BCUT2D eigenvalue weighted by Crippen LogP contribution is -2.00. The van der Waals surface area contributed by atoms with Crippen molar-refractivity contribution in [2.24, 2.45) is 5.16 Å². The Labute approximate surface area is 130 Å². The third-order valence-electron chi connectivity index (χ3n) is 3.99. The zero-order valence-corrected chi connectivity index (χ0v) is 13.6. The zero-order chi connectivity index (χ0) is 15.2. The highest BCUT2D eigenvalue weighted by Gasteiger charge is 2.03. The van der Waals surface area contributed by atoms with Crippen molar-refractivity contribution in [1.29, 1.82) is 0 Å². The van der Waals surface area contributed by atoms with E-state index in [1.807, 2.05) is 30.3 Å². The molecule has 0 aliphatic carbocycles. The van der Waals surface area contributed by atoms with Gasteiger partial charge < -0.3 is 5.21 Å².